The van der Waals surface area contributed by atoms with E-state index < -0.39 is 0 Å². The van der Waals surface area contributed by atoms with Gasteiger partial charge in [-0.25, -0.2) is 0 Å². The van der Waals surface area contributed by atoms with E-state index in [-0.39, 0.29) is 6.04 Å². The molecule has 0 fully saturated rings. The molecular formula is C15H22ClN3S. The van der Waals surface area contributed by atoms with Crippen molar-refractivity contribution < 1.29 is 0 Å². The third-order valence-electron chi connectivity index (χ3n) is 3.43. The average Bonchev–Trinajstić information content (AvgIpc) is 2.91. The minimum absolute atomic E-state index is 0.106. The number of rotatable bonds is 5. The highest BCUT2D eigenvalue weighted by atomic mass is 35.5. The Morgan fingerprint density at radius 3 is 2.60 bits per heavy atom. The van der Waals surface area contributed by atoms with Crippen molar-refractivity contribution in [3.8, 4) is 0 Å². The molecule has 0 aromatic carbocycles. The predicted molar refractivity (Wildman–Crippen MR) is 86.9 cm³/mol. The van der Waals surface area contributed by atoms with E-state index in [2.05, 4.69) is 51.1 Å². The van der Waals surface area contributed by atoms with E-state index >= 15 is 0 Å². The summed E-state index contributed by atoms with van der Waals surface area (Å²) in [7, 11) is 0. The van der Waals surface area contributed by atoms with Crippen molar-refractivity contribution in [2.75, 3.05) is 6.54 Å². The summed E-state index contributed by atoms with van der Waals surface area (Å²) < 4.78 is 2.01. The standard InChI is InChI=1S/C15H22ClN3S/c1-6-17-14(13-7-10(4)11(5)20-13)15-12(16)8-18-19(15)9(2)3/h7-9,14,17H,6H2,1-5H3. The quantitative estimate of drug-likeness (QED) is 0.881. The predicted octanol–water partition coefficient (Wildman–Crippen LogP) is 4.49. The molecule has 0 aliphatic heterocycles. The summed E-state index contributed by atoms with van der Waals surface area (Å²) in [4.78, 5) is 2.65. The van der Waals surface area contributed by atoms with E-state index in [0.29, 0.717) is 6.04 Å². The van der Waals surface area contributed by atoms with Gasteiger partial charge >= 0.3 is 0 Å². The number of nitrogens with zero attached hydrogens (tertiary/aromatic N) is 2. The number of hydrogen-bond acceptors (Lipinski definition) is 3. The SMILES string of the molecule is CCNC(c1cc(C)c(C)s1)c1c(Cl)cnn1C(C)C. The molecule has 20 heavy (non-hydrogen) atoms. The Morgan fingerprint density at radius 1 is 1.40 bits per heavy atom. The van der Waals surface area contributed by atoms with Crippen LogP contribution in [0.3, 0.4) is 0 Å². The average molecular weight is 312 g/mol. The zero-order valence-corrected chi connectivity index (χ0v) is 14.3. The van der Waals surface area contributed by atoms with Crippen LogP contribution in [0.2, 0.25) is 5.02 Å². The molecule has 2 aromatic heterocycles. The van der Waals surface area contributed by atoms with Crippen LogP contribution in [0.1, 0.15) is 53.9 Å². The molecule has 3 nitrogen and oxygen atoms in total. The monoisotopic (exact) mass is 311 g/mol. The number of hydrogen-bond donors (Lipinski definition) is 1. The highest BCUT2D eigenvalue weighted by Crippen LogP contribution is 2.35. The van der Waals surface area contributed by atoms with Crippen LogP contribution in [0.5, 0.6) is 0 Å². The van der Waals surface area contributed by atoms with Gasteiger partial charge in [0.2, 0.25) is 0 Å². The van der Waals surface area contributed by atoms with Gasteiger partial charge in [0, 0.05) is 15.8 Å². The van der Waals surface area contributed by atoms with Gasteiger partial charge in [-0.15, -0.1) is 11.3 Å². The summed E-state index contributed by atoms with van der Waals surface area (Å²) in [5.74, 6) is 0. The molecule has 2 aromatic rings. The molecule has 1 unspecified atom stereocenters. The molecule has 5 heteroatoms. The van der Waals surface area contributed by atoms with Crippen LogP contribution in [0.4, 0.5) is 0 Å². The van der Waals surface area contributed by atoms with E-state index in [1.54, 1.807) is 6.20 Å². The Morgan fingerprint density at radius 2 is 2.10 bits per heavy atom. The first-order chi connectivity index (χ1) is 9.45. The van der Waals surface area contributed by atoms with Crippen molar-refractivity contribution in [3.63, 3.8) is 0 Å². The van der Waals surface area contributed by atoms with Gasteiger partial charge in [0.05, 0.1) is 23.0 Å². The zero-order valence-electron chi connectivity index (χ0n) is 12.7. The molecule has 0 aliphatic rings. The third kappa shape index (κ3) is 2.92. The second-order valence-electron chi connectivity index (χ2n) is 5.29. The van der Waals surface area contributed by atoms with Crippen LogP contribution < -0.4 is 5.32 Å². The third-order valence-corrected chi connectivity index (χ3v) is 4.94. The first-order valence-electron chi connectivity index (χ1n) is 6.98. The summed E-state index contributed by atoms with van der Waals surface area (Å²) in [5, 5.41) is 8.70. The lowest BCUT2D eigenvalue weighted by Gasteiger charge is -2.20. The number of nitrogens with one attached hydrogen (secondary N) is 1. The van der Waals surface area contributed by atoms with E-state index in [1.165, 1.54) is 15.3 Å². The lowest BCUT2D eigenvalue weighted by atomic mass is 10.1. The molecule has 0 spiro atoms. The Bertz CT molecular complexity index is 566. The van der Waals surface area contributed by atoms with E-state index in [4.69, 9.17) is 11.6 Å². The van der Waals surface area contributed by atoms with Gasteiger partial charge < -0.3 is 5.32 Å². The fraction of sp³-hybridized carbons (Fsp3) is 0.533. The van der Waals surface area contributed by atoms with E-state index in [9.17, 15) is 0 Å². The van der Waals surface area contributed by atoms with E-state index in [1.807, 2.05) is 16.0 Å². The molecule has 1 atom stereocenters. The smallest absolute Gasteiger partial charge is 0.0857 e. The first-order valence-corrected chi connectivity index (χ1v) is 8.18. The van der Waals surface area contributed by atoms with Crippen LogP contribution in [-0.2, 0) is 0 Å². The second kappa shape index (κ2) is 6.29. The fourth-order valence-electron chi connectivity index (χ4n) is 2.31. The summed E-state index contributed by atoms with van der Waals surface area (Å²) in [6.07, 6.45) is 1.74. The highest BCUT2D eigenvalue weighted by molar-refractivity contribution is 7.12. The first kappa shape index (κ1) is 15.5. The minimum atomic E-state index is 0.106. The van der Waals surface area contributed by atoms with Crippen LogP contribution in [0, 0.1) is 13.8 Å². The molecule has 0 saturated heterocycles. The number of aromatic nitrogens is 2. The van der Waals surface area contributed by atoms with Gasteiger partial charge in [0.25, 0.3) is 0 Å². The van der Waals surface area contributed by atoms with Crippen LogP contribution in [0.15, 0.2) is 12.3 Å². The molecule has 0 aliphatic carbocycles. The van der Waals surface area contributed by atoms with Crippen LogP contribution in [0.25, 0.3) is 0 Å². The molecule has 0 bridgehead atoms. The molecule has 110 valence electrons. The summed E-state index contributed by atoms with van der Waals surface area (Å²) in [6.45, 7) is 11.6. The molecule has 1 N–H and O–H groups in total. The van der Waals surface area contributed by atoms with Crippen molar-refractivity contribution in [2.24, 2.45) is 0 Å². The van der Waals surface area contributed by atoms with Gasteiger partial charge in [-0.2, -0.15) is 5.10 Å². The number of halogens is 1. The summed E-state index contributed by atoms with van der Waals surface area (Å²) in [5.41, 5.74) is 2.39. The molecule has 2 rings (SSSR count). The molecule has 0 saturated carbocycles. The van der Waals surface area contributed by atoms with Crippen molar-refractivity contribution >= 4 is 22.9 Å². The van der Waals surface area contributed by atoms with Crippen LogP contribution >= 0.6 is 22.9 Å². The summed E-state index contributed by atoms with van der Waals surface area (Å²) in [6, 6.07) is 2.65. The lowest BCUT2D eigenvalue weighted by molar-refractivity contribution is 0.478. The topological polar surface area (TPSA) is 29.9 Å². The van der Waals surface area contributed by atoms with Gasteiger partial charge in [0.15, 0.2) is 0 Å². The number of thiophene rings is 1. The largest absolute Gasteiger partial charge is 0.305 e. The van der Waals surface area contributed by atoms with E-state index in [0.717, 1.165) is 17.3 Å². The highest BCUT2D eigenvalue weighted by Gasteiger charge is 2.24. The maximum Gasteiger partial charge on any atom is 0.0857 e. The van der Waals surface area contributed by atoms with Crippen molar-refractivity contribution in [3.05, 3.63) is 38.3 Å². The van der Waals surface area contributed by atoms with Gasteiger partial charge in [-0.1, -0.05) is 18.5 Å². The Balaban J connectivity index is 2.51. The van der Waals surface area contributed by atoms with Gasteiger partial charge in [-0.3, -0.25) is 4.68 Å². The number of aryl methyl sites for hydroxylation is 2. The lowest BCUT2D eigenvalue weighted by Crippen LogP contribution is -2.25. The Kier molecular flexibility index (Phi) is 4.89. The normalized spacial score (nSPS) is 13.2. The van der Waals surface area contributed by atoms with Gasteiger partial charge in [0.1, 0.15) is 0 Å². The molecule has 0 amide bonds. The fourth-order valence-corrected chi connectivity index (χ4v) is 3.67. The zero-order chi connectivity index (χ0) is 14.9. The Labute approximate surface area is 130 Å². The molecular weight excluding hydrogens is 290 g/mol. The maximum absolute atomic E-state index is 6.40. The van der Waals surface area contributed by atoms with Crippen molar-refractivity contribution in [1.82, 2.24) is 15.1 Å². The Hall–Kier alpha value is -0.840. The van der Waals surface area contributed by atoms with Crippen molar-refractivity contribution in [2.45, 2.75) is 46.7 Å². The van der Waals surface area contributed by atoms with Crippen LogP contribution in [-0.4, -0.2) is 16.3 Å². The summed E-state index contributed by atoms with van der Waals surface area (Å²) >= 11 is 8.22. The van der Waals surface area contributed by atoms with Gasteiger partial charge in [-0.05, 0) is 45.9 Å². The molecule has 2 heterocycles. The molecule has 0 radical (unpaired) electrons. The maximum atomic E-state index is 6.40. The second-order valence-corrected chi connectivity index (χ2v) is 6.99. The minimum Gasteiger partial charge on any atom is -0.305 e. The van der Waals surface area contributed by atoms with Crippen molar-refractivity contribution in [1.29, 1.82) is 0 Å².